The zero-order valence-electron chi connectivity index (χ0n) is 13.3. The van der Waals surface area contributed by atoms with Crippen molar-refractivity contribution >= 4 is 28.7 Å². The van der Waals surface area contributed by atoms with E-state index >= 15 is 0 Å². The van der Waals surface area contributed by atoms with E-state index in [1.165, 1.54) is 19.2 Å². The van der Waals surface area contributed by atoms with Gasteiger partial charge in [-0.2, -0.15) is 0 Å². The first-order chi connectivity index (χ1) is 12.1. The van der Waals surface area contributed by atoms with Gasteiger partial charge in [0.05, 0.1) is 23.8 Å². The molecule has 2 N–H and O–H groups in total. The van der Waals surface area contributed by atoms with Gasteiger partial charge >= 0.3 is 0 Å². The van der Waals surface area contributed by atoms with Crippen LogP contribution in [0.2, 0.25) is 0 Å². The van der Waals surface area contributed by atoms with E-state index in [1.807, 2.05) is 18.2 Å². The molecule has 0 aliphatic carbocycles. The number of rotatable bonds is 5. The maximum Gasteiger partial charge on any atom is 0.273 e. The molecule has 0 unspecified atom stereocenters. The zero-order chi connectivity index (χ0) is 17.8. The van der Waals surface area contributed by atoms with Crippen molar-refractivity contribution in [2.24, 2.45) is 0 Å². The molecule has 1 aliphatic rings. The predicted octanol–water partition coefficient (Wildman–Crippen LogP) is 2.82. The van der Waals surface area contributed by atoms with Crippen LogP contribution in [0.15, 0.2) is 36.4 Å². The van der Waals surface area contributed by atoms with E-state index in [1.54, 1.807) is 6.07 Å². The number of methoxy groups -OCH3 is 1. The van der Waals surface area contributed by atoms with Gasteiger partial charge < -0.3 is 24.8 Å². The molecule has 3 rings (SSSR count). The monoisotopic (exact) mass is 361 g/mol. The van der Waals surface area contributed by atoms with Gasteiger partial charge in [-0.15, -0.1) is 0 Å². The molecular formula is C16H15N3O5S. The quantitative estimate of drug-likeness (QED) is 0.477. The molecule has 0 amide bonds. The highest BCUT2D eigenvalue weighted by atomic mass is 32.1. The minimum absolute atomic E-state index is 0.0540. The van der Waals surface area contributed by atoms with Gasteiger partial charge in [-0.05, 0) is 36.0 Å². The summed E-state index contributed by atoms with van der Waals surface area (Å²) in [4.78, 5) is 10.3. The third kappa shape index (κ3) is 3.89. The van der Waals surface area contributed by atoms with Gasteiger partial charge in [0.1, 0.15) is 5.75 Å². The van der Waals surface area contributed by atoms with Crippen LogP contribution in [-0.2, 0) is 6.54 Å². The SMILES string of the molecule is COc1cc([N+](=O)[O-])ccc1NC(=S)NCc1ccc2c(c1)OCO2. The highest BCUT2D eigenvalue weighted by molar-refractivity contribution is 7.80. The lowest BCUT2D eigenvalue weighted by Crippen LogP contribution is -2.28. The number of nitro groups is 1. The fraction of sp³-hybridized carbons (Fsp3) is 0.188. The summed E-state index contributed by atoms with van der Waals surface area (Å²) in [5.41, 5.74) is 1.46. The highest BCUT2D eigenvalue weighted by Gasteiger charge is 2.14. The fourth-order valence-corrected chi connectivity index (χ4v) is 2.48. The van der Waals surface area contributed by atoms with Crippen LogP contribution in [0.3, 0.4) is 0 Å². The average Bonchev–Trinajstić information content (AvgIpc) is 3.07. The van der Waals surface area contributed by atoms with Gasteiger partial charge in [0.25, 0.3) is 5.69 Å². The summed E-state index contributed by atoms with van der Waals surface area (Å²) >= 11 is 5.26. The Bertz CT molecular complexity index is 827. The van der Waals surface area contributed by atoms with E-state index in [0.29, 0.717) is 28.8 Å². The highest BCUT2D eigenvalue weighted by Crippen LogP contribution is 2.32. The standard InChI is InChI=1S/C16H15N3O5S/c1-22-14-7-11(19(20)21)3-4-12(14)18-16(25)17-8-10-2-5-13-15(6-10)24-9-23-13/h2-7H,8-9H2,1H3,(H2,17,18,25). The van der Waals surface area contributed by atoms with Crippen LogP contribution in [0.4, 0.5) is 11.4 Å². The Hall–Kier alpha value is -3.07. The van der Waals surface area contributed by atoms with Gasteiger partial charge in [-0.25, -0.2) is 0 Å². The van der Waals surface area contributed by atoms with Gasteiger partial charge in [0.15, 0.2) is 16.6 Å². The number of nitro benzene ring substituents is 1. The molecule has 0 fully saturated rings. The topological polar surface area (TPSA) is 94.9 Å². The molecule has 9 heteroatoms. The van der Waals surface area contributed by atoms with Crippen molar-refractivity contribution in [3.63, 3.8) is 0 Å². The molecule has 1 aliphatic heterocycles. The Balaban J connectivity index is 1.62. The van der Waals surface area contributed by atoms with Crippen molar-refractivity contribution in [1.82, 2.24) is 5.32 Å². The van der Waals surface area contributed by atoms with Gasteiger partial charge in [0, 0.05) is 12.6 Å². The zero-order valence-corrected chi connectivity index (χ0v) is 14.1. The summed E-state index contributed by atoms with van der Waals surface area (Å²) in [6.07, 6.45) is 0. The van der Waals surface area contributed by atoms with Crippen molar-refractivity contribution in [3.05, 3.63) is 52.1 Å². The molecule has 8 nitrogen and oxygen atoms in total. The van der Waals surface area contributed by atoms with Crippen molar-refractivity contribution in [1.29, 1.82) is 0 Å². The molecule has 25 heavy (non-hydrogen) atoms. The number of non-ortho nitro benzene ring substituents is 1. The number of nitrogens with zero attached hydrogens (tertiary/aromatic N) is 1. The minimum Gasteiger partial charge on any atom is -0.494 e. The Morgan fingerprint density at radius 2 is 2.08 bits per heavy atom. The van der Waals surface area contributed by atoms with Crippen LogP contribution in [-0.4, -0.2) is 23.9 Å². The van der Waals surface area contributed by atoms with Crippen LogP contribution in [0.5, 0.6) is 17.2 Å². The summed E-state index contributed by atoms with van der Waals surface area (Å²) in [6, 6.07) is 9.90. The Morgan fingerprint density at radius 1 is 1.28 bits per heavy atom. The lowest BCUT2D eigenvalue weighted by molar-refractivity contribution is -0.384. The fourth-order valence-electron chi connectivity index (χ4n) is 2.30. The number of nitrogens with one attached hydrogen (secondary N) is 2. The Morgan fingerprint density at radius 3 is 2.84 bits per heavy atom. The number of benzene rings is 2. The second-order valence-corrected chi connectivity index (χ2v) is 5.55. The third-order valence-electron chi connectivity index (χ3n) is 3.53. The second-order valence-electron chi connectivity index (χ2n) is 5.14. The van der Waals surface area contributed by atoms with Crippen molar-refractivity contribution in [3.8, 4) is 17.2 Å². The van der Waals surface area contributed by atoms with Crippen LogP contribution < -0.4 is 24.8 Å². The molecule has 0 bridgehead atoms. The Kier molecular flexibility index (Phi) is 4.85. The summed E-state index contributed by atoms with van der Waals surface area (Å²) in [6.45, 7) is 0.712. The van der Waals surface area contributed by atoms with Gasteiger partial charge in [-0.3, -0.25) is 10.1 Å². The van der Waals surface area contributed by atoms with E-state index in [9.17, 15) is 10.1 Å². The molecule has 1 heterocycles. The van der Waals surface area contributed by atoms with E-state index in [2.05, 4.69) is 10.6 Å². The predicted molar refractivity (Wildman–Crippen MR) is 95.3 cm³/mol. The average molecular weight is 361 g/mol. The molecular weight excluding hydrogens is 346 g/mol. The molecule has 0 atom stereocenters. The maximum atomic E-state index is 10.8. The van der Waals surface area contributed by atoms with E-state index in [4.69, 9.17) is 26.4 Å². The van der Waals surface area contributed by atoms with Crippen LogP contribution in [0.1, 0.15) is 5.56 Å². The van der Waals surface area contributed by atoms with Gasteiger partial charge in [0.2, 0.25) is 6.79 Å². The third-order valence-corrected chi connectivity index (χ3v) is 3.78. The number of hydrogen-bond donors (Lipinski definition) is 2. The van der Waals surface area contributed by atoms with Gasteiger partial charge in [-0.1, -0.05) is 6.07 Å². The summed E-state index contributed by atoms with van der Waals surface area (Å²) in [7, 11) is 1.44. The van der Waals surface area contributed by atoms with E-state index in [-0.39, 0.29) is 12.5 Å². The normalized spacial score (nSPS) is 11.7. The largest absolute Gasteiger partial charge is 0.494 e. The van der Waals surface area contributed by atoms with Crippen LogP contribution in [0.25, 0.3) is 0 Å². The molecule has 2 aromatic carbocycles. The molecule has 0 saturated heterocycles. The molecule has 0 spiro atoms. The maximum absolute atomic E-state index is 10.8. The summed E-state index contributed by atoms with van der Waals surface area (Å²) in [5.74, 6) is 1.76. The number of hydrogen-bond acceptors (Lipinski definition) is 6. The summed E-state index contributed by atoms with van der Waals surface area (Å²) in [5, 5.41) is 17.2. The lowest BCUT2D eigenvalue weighted by atomic mass is 10.2. The number of thiocarbonyl (C=S) groups is 1. The number of ether oxygens (including phenoxy) is 3. The van der Waals surface area contributed by atoms with E-state index < -0.39 is 4.92 Å². The molecule has 2 aromatic rings. The van der Waals surface area contributed by atoms with Crippen molar-refractivity contribution in [2.75, 3.05) is 19.2 Å². The summed E-state index contributed by atoms with van der Waals surface area (Å²) < 4.78 is 15.8. The van der Waals surface area contributed by atoms with Crippen LogP contribution >= 0.6 is 12.2 Å². The Labute approximate surface area is 148 Å². The first-order valence-electron chi connectivity index (χ1n) is 7.32. The molecule has 130 valence electrons. The molecule has 0 saturated carbocycles. The molecule has 0 aromatic heterocycles. The minimum atomic E-state index is -0.484. The number of anilines is 1. The number of fused-ring (bicyclic) bond motifs is 1. The van der Waals surface area contributed by atoms with Crippen LogP contribution in [0, 0.1) is 10.1 Å². The second kappa shape index (κ2) is 7.22. The van der Waals surface area contributed by atoms with Crippen molar-refractivity contribution in [2.45, 2.75) is 6.54 Å². The first kappa shape index (κ1) is 16.8. The lowest BCUT2D eigenvalue weighted by Gasteiger charge is -2.13. The van der Waals surface area contributed by atoms with Crippen molar-refractivity contribution < 1.29 is 19.1 Å². The van der Waals surface area contributed by atoms with E-state index in [0.717, 1.165) is 11.3 Å². The smallest absolute Gasteiger partial charge is 0.273 e. The first-order valence-corrected chi connectivity index (χ1v) is 7.73. The molecule has 0 radical (unpaired) electrons.